The van der Waals surface area contributed by atoms with Gasteiger partial charge in [0.05, 0.1) is 17.9 Å². The standard InChI is InChI=1S/C26H21Cl2N3O6S/c1-3-37-21-10-6-9-19(23(21)28)29-26(33)17-12-15-7-4-5-8-16(15)24(25(17)32)31-30-20-11-14(2)18(27)13-22(20)38(34,35)36/h4-13,32H,3H2,1-2H3,(H,29,33)(H,34,35,36). The maximum Gasteiger partial charge on any atom is 0.296 e. The lowest BCUT2D eigenvalue weighted by Gasteiger charge is -2.13. The van der Waals surface area contributed by atoms with E-state index in [4.69, 9.17) is 27.9 Å². The normalized spacial score (nSPS) is 11.7. The molecule has 0 aliphatic heterocycles. The van der Waals surface area contributed by atoms with Gasteiger partial charge in [0.25, 0.3) is 16.0 Å². The number of amides is 1. The van der Waals surface area contributed by atoms with E-state index in [-0.39, 0.29) is 32.7 Å². The molecule has 0 saturated heterocycles. The molecular formula is C26H21Cl2N3O6S. The summed E-state index contributed by atoms with van der Waals surface area (Å²) in [6.07, 6.45) is 0. The molecule has 38 heavy (non-hydrogen) atoms. The number of hydrogen-bond donors (Lipinski definition) is 3. The van der Waals surface area contributed by atoms with Gasteiger partial charge in [-0.3, -0.25) is 9.35 Å². The van der Waals surface area contributed by atoms with Gasteiger partial charge in [-0.05, 0) is 55.1 Å². The molecule has 1 amide bonds. The van der Waals surface area contributed by atoms with Crippen LogP contribution in [-0.4, -0.2) is 30.6 Å². The minimum atomic E-state index is -4.69. The van der Waals surface area contributed by atoms with Crippen molar-refractivity contribution in [2.45, 2.75) is 18.7 Å². The van der Waals surface area contributed by atoms with Crippen molar-refractivity contribution in [3.8, 4) is 11.5 Å². The van der Waals surface area contributed by atoms with Crippen LogP contribution in [0.15, 0.2) is 75.8 Å². The van der Waals surface area contributed by atoms with E-state index in [1.54, 1.807) is 56.3 Å². The Kier molecular flexibility index (Phi) is 7.89. The van der Waals surface area contributed by atoms with E-state index in [9.17, 15) is 22.9 Å². The van der Waals surface area contributed by atoms with Crippen LogP contribution in [0.5, 0.6) is 11.5 Å². The number of anilines is 1. The Balaban J connectivity index is 1.82. The fraction of sp³-hybridized carbons (Fsp3) is 0.115. The highest BCUT2D eigenvalue weighted by molar-refractivity contribution is 7.86. The van der Waals surface area contributed by atoms with Gasteiger partial charge in [-0.15, -0.1) is 10.2 Å². The molecule has 0 aliphatic rings. The van der Waals surface area contributed by atoms with Crippen LogP contribution in [0, 0.1) is 6.92 Å². The summed E-state index contributed by atoms with van der Waals surface area (Å²) in [6.45, 7) is 3.80. The summed E-state index contributed by atoms with van der Waals surface area (Å²) in [7, 11) is -4.69. The lowest BCUT2D eigenvalue weighted by molar-refractivity contribution is 0.102. The van der Waals surface area contributed by atoms with Gasteiger partial charge < -0.3 is 15.2 Å². The van der Waals surface area contributed by atoms with Crippen molar-refractivity contribution < 1.29 is 27.6 Å². The van der Waals surface area contributed by atoms with Crippen LogP contribution in [0.2, 0.25) is 10.0 Å². The fourth-order valence-corrected chi connectivity index (χ4v) is 4.78. The summed E-state index contributed by atoms with van der Waals surface area (Å²) in [5.41, 5.74) is 0.343. The first-order chi connectivity index (χ1) is 18.0. The van der Waals surface area contributed by atoms with Crippen molar-refractivity contribution >= 4 is 67.1 Å². The number of carbonyl (C=O) groups excluding carboxylic acids is 1. The van der Waals surface area contributed by atoms with E-state index in [2.05, 4.69) is 15.5 Å². The smallest absolute Gasteiger partial charge is 0.296 e. The summed E-state index contributed by atoms with van der Waals surface area (Å²) in [6, 6.07) is 15.6. The molecule has 196 valence electrons. The van der Waals surface area contributed by atoms with E-state index in [0.29, 0.717) is 28.7 Å². The van der Waals surface area contributed by atoms with Crippen LogP contribution in [0.4, 0.5) is 17.1 Å². The number of benzene rings is 4. The molecular weight excluding hydrogens is 553 g/mol. The van der Waals surface area contributed by atoms with E-state index in [0.717, 1.165) is 6.07 Å². The Morgan fingerprint density at radius 2 is 1.79 bits per heavy atom. The third-order valence-corrected chi connectivity index (χ3v) is 7.21. The first-order valence-electron chi connectivity index (χ1n) is 11.2. The molecule has 3 N–H and O–H groups in total. The van der Waals surface area contributed by atoms with Crippen LogP contribution in [0.1, 0.15) is 22.8 Å². The number of fused-ring (bicyclic) bond motifs is 1. The number of azo groups is 1. The molecule has 4 aromatic rings. The number of carbonyl (C=O) groups is 1. The largest absolute Gasteiger partial charge is 0.505 e. The summed E-state index contributed by atoms with van der Waals surface area (Å²) in [5, 5.41) is 23.1. The molecule has 9 nitrogen and oxygen atoms in total. The number of aryl methyl sites for hydroxylation is 1. The van der Waals surface area contributed by atoms with Crippen molar-refractivity contribution in [2.24, 2.45) is 10.2 Å². The van der Waals surface area contributed by atoms with E-state index in [1.165, 1.54) is 12.1 Å². The van der Waals surface area contributed by atoms with Gasteiger partial charge >= 0.3 is 0 Å². The minimum Gasteiger partial charge on any atom is -0.505 e. The third kappa shape index (κ3) is 5.58. The Morgan fingerprint density at radius 1 is 1.05 bits per heavy atom. The van der Waals surface area contributed by atoms with Crippen molar-refractivity contribution in [3.05, 3.63) is 81.8 Å². The Labute approximate surface area is 228 Å². The number of nitrogens with one attached hydrogen (secondary N) is 1. The number of phenolic OH excluding ortho intramolecular Hbond substituents is 1. The van der Waals surface area contributed by atoms with Crippen molar-refractivity contribution in [1.29, 1.82) is 0 Å². The summed E-state index contributed by atoms with van der Waals surface area (Å²) in [4.78, 5) is 12.7. The van der Waals surface area contributed by atoms with Crippen LogP contribution in [0.25, 0.3) is 10.8 Å². The molecule has 0 saturated carbocycles. The van der Waals surface area contributed by atoms with Crippen LogP contribution in [-0.2, 0) is 10.1 Å². The van der Waals surface area contributed by atoms with Crippen molar-refractivity contribution in [2.75, 3.05) is 11.9 Å². The SMILES string of the molecule is CCOc1cccc(NC(=O)c2cc3ccccc3c(N=Nc3cc(C)c(Cl)cc3S(=O)(=O)O)c2O)c1Cl. The Hall–Kier alpha value is -3.70. The number of ether oxygens (including phenoxy) is 1. The quantitative estimate of drug-likeness (QED) is 0.155. The highest BCUT2D eigenvalue weighted by atomic mass is 35.5. The van der Waals surface area contributed by atoms with E-state index >= 15 is 0 Å². The van der Waals surface area contributed by atoms with E-state index in [1.807, 2.05) is 0 Å². The summed E-state index contributed by atoms with van der Waals surface area (Å²) >= 11 is 12.4. The number of phenols is 1. The second-order valence-corrected chi connectivity index (χ2v) is 10.3. The highest BCUT2D eigenvalue weighted by Crippen LogP contribution is 2.41. The monoisotopic (exact) mass is 573 g/mol. The number of halogens is 2. The van der Waals surface area contributed by atoms with Crippen molar-refractivity contribution in [1.82, 2.24) is 0 Å². The topological polar surface area (TPSA) is 138 Å². The van der Waals surface area contributed by atoms with Gasteiger partial charge in [-0.2, -0.15) is 8.42 Å². The fourth-order valence-electron chi connectivity index (χ4n) is 3.69. The zero-order valence-corrected chi connectivity index (χ0v) is 22.4. The molecule has 0 fully saturated rings. The third-order valence-electron chi connectivity index (χ3n) is 5.53. The molecule has 12 heteroatoms. The average molecular weight is 574 g/mol. The number of aromatic hydroxyl groups is 1. The molecule has 0 aliphatic carbocycles. The minimum absolute atomic E-state index is 0.0868. The predicted molar refractivity (Wildman–Crippen MR) is 146 cm³/mol. The van der Waals surface area contributed by atoms with Gasteiger partial charge in [-0.1, -0.05) is 53.5 Å². The summed E-state index contributed by atoms with van der Waals surface area (Å²) in [5.74, 6) is -0.792. The molecule has 0 spiro atoms. The lowest BCUT2D eigenvalue weighted by atomic mass is 10.0. The number of hydrogen-bond acceptors (Lipinski definition) is 7. The van der Waals surface area contributed by atoms with Gasteiger partial charge in [0.1, 0.15) is 27.0 Å². The van der Waals surface area contributed by atoms with E-state index < -0.39 is 26.7 Å². The van der Waals surface area contributed by atoms with Gasteiger partial charge in [0.2, 0.25) is 0 Å². The van der Waals surface area contributed by atoms with Gasteiger partial charge in [0, 0.05) is 10.4 Å². The van der Waals surface area contributed by atoms with Gasteiger partial charge in [0.15, 0.2) is 5.75 Å². The van der Waals surface area contributed by atoms with Gasteiger partial charge in [-0.25, -0.2) is 0 Å². The molecule has 4 aromatic carbocycles. The van der Waals surface area contributed by atoms with Crippen LogP contribution in [0.3, 0.4) is 0 Å². The number of rotatable bonds is 7. The zero-order valence-electron chi connectivity index (χ0n) is 20.1. The maximum absolute atomic E-state index is 13.2. The molecule has 0 unspecified atom stereocenters. The molecule has 0 heterocycles. The maximum atomic E-state index is 13.2. The average Bonchev–Trinajstić information content (AvgIpc) is 2.86. The first-order valence-corrected chi connectivity index (χ1v) is 13.4. The highest BCUT2D eigenvalue weighted by Gasteiger charge is 2.21. The molecule has 0 atom stereocenters. The Morgan fingerprint density at radius 3 is 2.50 bits per heavy atom. The second kappa shape index (κ2) is 11.0. The lowest BCUT2D eigenvalue weighted by Crippen LogP contribution is -2.13. The first kappa shape index (κ1) is 27.3. The Bertz CT molecular complexity index is 1710. The van der Waals surface area contributed by atoms with Crippen molar-refractivity contribution in [3.63, 3.8) is 0 Å². The number of nitrogens with zero attached hydrogens (tertiary/aromatic N) is 2. The molecule has 4 rings (SSSR count). The molecule has 0 radical (unpaired) electrons. The molecule has 0 aromatic heterocycles. The zero-order chi connectivity index (χ0) is 27.6. The molecule has 0 bridgehead atoms. The second-order valence-electron chi connectivity index (χ2n) is 8.09. The van der Waals surface area contributed by atoms with Crippen LogP contribution < -0.4 is 10.1 Å². The predicted octanol–water partition coefficient (Wildman–Crippen LogP) is 7.47. The summed E-state index contributed by atoms with van der Waals surface area (Å²) < 4.78 is 38.9. The van der Waals surface area contributed by atoms with Crippen LogP contribution >= 0.6 is 23.2 Å².